The molecule has 1 aromatic rings. The van der Waals surface area contributed by atoms with E-state index in [-0.39, 0.29) is 0 Å². The molecule has 1 aromatic heterocycles. The summed E-state index contributed by atoms with van der Waals surface area (Å²) in [5.74, 6) is 0.734. The molecule has 2 rings (SSSR count). The first-order chi connectivity index (χ1) is 7.38. The summed E-state index contributed by atoms with van der Waals surface area (Å²) >= 11 is 0. The molecule has 0 spiro atoms. The largest absolute Gasteiger partial charge is 0.383 e. The molecule has 1 saturated heterocycles. The Morgan fingerprint density at radius 2 is 2.20 bits per heavy atom. The van der Waals surface area contributed by atoms with Crippen molar-refractivity contribution < 1.29 is 4.74 Å². The van der Waals surface area contributed by atoms with Crippen LogP contribution in [0.4, 0.5) is 0 Å². The van der Waals surface area contributed by atoms with Crippen LogP contribution in [0.1, 0.15) is 6.42 Å². The molecule has 0 amide bonds. The lowest BCUT2D eigenvalue weighted by Crippen LogP contribution is -2.25. The monoisotopic (exact) mass is 210 g/mol. The Bertz CT molecular complexity index is 275. The van der Waals surface area contributed by atoms with Gasteiger partial charge in [0.15, 0.2) is 0 Å². The number of hydrogen-bond acceptors (Lipinski definition) is 4. The van der Waals surface area contributed by atoms with Gasteiger partial charge in [0.25, 0.3) is 0 Å². The molecule has 0 N–H and O–H groups in total. The van der Waals surface area contributed by atoms with Crippen molar-refractivity contribution in [2.45, 2.75) is 13.0 Å². The summed E-state index contributed by atoms with van der Waals surface area (Å²) in [6.07, 6.45) is 4.84. The zero-order valence-corrected chi connectivity index (χ0v) is 9.17. The summed E-state index contributed by atoms with van der Waals surface area (Å²) in [5, 5.41) is 7.62. The Kier molecular flexibility index (Phi) is 3.69. The van der Waals surface area contributed by atoms with Gasteiger partial charge < -0.3 is 14.2 Å². The predicted octanol–water partition coefficient (Wildman–Crippen LogP) is 0.246. The molecule has 1 aliphatic heterocycles. The fraction of sp³-hybridized carbons (Fsp3) is 0.800. The van der Waals surface area contributed by atoms with Gasteiger partial charge in [-0.1, -0.05) is 0 Å². The molecule has 1 atom stereocenters. The third-order valence-corrected chi connectivity index (χ3v) is 2.92. The summed E-state index contributed by atoms with van der Waals surface area (Å²) in [6, 6.07) is 0. The maximum atomic E-state index is 5.08. The summed E-state index contributed by atoms with van der Waals surface area (Å²) in [6.45, 7) is 5.28. The van der Waals surface area contributed by atoms with Crippen LogP contribution in [0.5, 0.6) is 0 Å². The average molecular weight is 210 g/mol. The fourth-order valence-corrected chi connectivity index (χ4v) is 2.10. The van der Waals surface area contributed by atoms with E-state index in [1.807, 2.05) is 0 Å². The second-order valence-corrected chi connectivity index (χ2v) is 4.11. The number of aromatic nitrogens is 3. The number of ether oxygens (including phenoxy) is 1. The normalized spacial score (nSPS) is 22.3. The Labute approximate surface area is 90.0 Å². The van der Waals surface area contributed by atoms with E-state index in [4.69, 9.17) is 4.74 Å². The fourth-order valence-electron chi connectivity index (χ4n) is 2.10. The topological polar surface area (TPSA) is 43.2 Å². The van der Waals surface area contributed by atoms with Crippen LogP contribution in [0.15, 0.2) is 12.7 Å². The Hall–Kier alpha value is -0.940. The number of nitrogens with zero attached hydrogens (tertiary/aromatic N) is 4. The van der Waals surface area contributed by atoms with Gasteiger partial charge >= 0.3 is 0 Å². The second-order valence-electron chi connectivity index (χ2n) is 4.11. The molecule has 0 saturated carbocycles. The second kappa shape index (κ2) is 5.23. The number of hydrogen-bond donors (Lipinski definition) is 0. The highest BCUT2D eigenvalue weighted by molar-refractivity contribution is 4.76. The van der Waals surface area contributed by atoms with Crippen molar-refractivity contribution in [3.8, 4) is 0 Å². The van der Waals surface area contributed by atoms with Gasteiger partial charge in [-0.2, -0.15) is 0 Å². The van der Waals surface area contributed by atoms with E-state index in [9.17, 15) is 0 Å². The lowest BCUT2D eigenvalue weighted by molar-refractivity contribution is 0.158. The first-order valence-corrected chi connectivity index (χ1v) is 5.42. The third-order valence-electron chi connectivity index (χ3n) is 2.92. The predicted molar refractivity (Wildman–Crippen MR) is 56.4 cm³/mol. The van der Waals surface area contributed by atoms with Crippen molar-refractivity contribution in [2.24, 2.45) is 5.92 Å². The maximum Gasteiger partial charge on any atom is 0.119 e. The van der Waals surface area contributed by atoms with Crippen LogP contribution < -0.4 is 0 Å². The molecular weight excluding hydrogens is 192 g/mol. The lowest BCUT2D eigenvalue weighted by atomic mass is 10.1. The van der Waals surface area contributed by atoms with Crippen LogP contribution in [0.2, 0.25) is 0 Å². The zero-order chi connectivity index (χ0) is 10.5. The summed E-state index contributed by atoms with van der Waals surface area (Å²) in [7, 11) is 1.75. The highest BCUT2D eigenvalue weighted by Crippen LogP contribution is 2.17. The summed E-state index contributed by atoms with van der Waals surface area (Å²) in [5.41, 5.74) is 0. The molecule has 0 unspecified atom stereocenters. The molecule has 2 heterocycles. The van der Waals surface area contributed by atoms with E-state index in [1.165, 1.54) is 19.5 Å². The van der Waals surface area contributed by atoms with Crippen molar-refractivity contribution in [3.05, 3.63) is 12.7 Å². The van der Waals surface area contributed by atoms with Crippen LogP contribution in [-0.4, -0.2) is 53.0 Å². The van der Waals surface area contributed by atoms with Crippen molar-refractivity contribution in [3.63, 3.8) is 0 Å². The molecule has 0 aromatic carbocycles. The quantitative estimate of drug-likeness (QED) is 0.698. The van der Waals surface area contributed by atoms with Crippen molar-refractivity contribution in [2.75, 3.05) is 33.4 Å². The molecule has 1 fully saturated rings. The van der Waals surface area contributed by atoms with Gasteiger partial charge in [-0.15, -0.1) is 10.2 Å². The standard InChI is InChI=1S/C10H18N4O/c1-15-5-4-13-3-2-10(6-13)7-14-8-11-12-9-14/h8-10H,2-7H2,1H3/t10-/m1/s1. The third kappa shape index (κ3) is 3.00. The molecule has 0 bridgehead atoms. The van der Waals surface area contributed by atoms with E-state index < -0.39 is 0 Å². The summed E-state index contributed by atoms with van der Waals surface area (Å²) in [4.78, 5) is 2.46. The van der Waals surface area contributed by atoms with E-state index in [0.717, 1.165) is 25.6 Å². The van der Waals surface area contributed by atoms with E-state index in [1.54, 1.807) is 19.8 Å². The number of methoxy groups -OCH3 is 1. The van der Waals surface area contributed by atoms with Gasteiger partial charge in [0.1, 0.15) is 12.7 Å². The highest BCUT2D eigenvalue weighted by atomic mass is 16.5. The molecule has 5 heteroatoms. The van der Waals surface area contributed by atoms with E-state index >= 15 is 0 Å². The lowest BCUT2D eigenvalue weighted by Gasteiger charge is -2.15. The van der Waals surface area contributed by atoms with Crippen molar-refractivity contribution in [1.82, 2.24) is 19.7 Å². The minimum Gasteiger partial charge on any atom is -0.383 e. The van der Waals surface area contributed by atoms with Gasteiger partial charge in [-0.3, -0.25) is 0 Å². The van der Waals surface area contributed by atoms with E-state index in [0.29, 0.717) is 0 Å². The average Bonchev–Trinajstić information content (AvgIpc) is 2.87. The Balaban J connectivity index is 1.73. The van der Waals surface area contributed by atoms with E-state index in [2.05, 4.69) is 19.7 Å². The van der Waals surface area contributed by atoms with Gasteiger partial charge in [0, 0.05) is 26.7 Å². The van der Waals surface area contributed by atoms with Gasteiger partial charge in [-0.05, 0) is 18.9 Å². The summed E-state index contributed by atoms with van der Waals surface area (Å²) < 4.78 is 7.14. The maximum absolute atomic E-state index is 5.08. The molecule has 0 aliphatic carbocycles. The molecule has 15 heavy (non-hydrogen) atoms. The van der Waals surface area contributed by atoms with Gasteiger partial charge in [0.2, 0.25) is 0 Å². The van der Waals surface area contributed by atoms with Gasteiger partial charge in [-0.25, -0.2) is 0 Å². The zero-order valence-electron chi connectivity index (χ0n) is 9.17. The Morgan fingerprint density at radius 1 is 1.40 bits per heavy atom. The van der Waals surface area contributed by atoms with Crippen LogP contribution in [-0.2, 0) is 11.3 Å². The molecule has 84 valence electrons. The van der Waals surface area contributed by atoms with Crippen molar-refractivity contribution >= 4 is 0 Å². The smallest absolute Gasteiger partial charge is 0.119 e. The highest BCUT2D eigenvalue weighted by Gasteiger charge is 2.22. The SMILES string of the molecule is COCCN1CC[C@@H](Cn2cnnc2)C1. The van der Waals surface area contributed by atoms with Crippen LogP contribution >= 0.6 is 0 Å². The molecular formula is C10H18N4O. The van der Waals surface area contributed by atoms with Crippen LogP contribution in [0, 0.1) is 5.92 Å². The first kappa shape index (κ1) is 10.6. The minimum atomic E-state index is 0.734. The molecule has 1 aliphatic rings. The molecule has 0 radical (unpaired) electrons. The van der Waals surface area contributed by atoms with Crippen LogP contribution in [0.3, 0.4) is 0 Å². The molecule has 5 nitrogen and oxygen atoms in total. The Morgan fingerprint density at radius 3 is 2.93 bits per heavy atom. The van der Waals surface area contributed by atoms with Gasteiger partial charge in [0.05, 0.1) is 6.61 Å². The van der Waals surface area contributed by atoms with Crippen molar-refractivity contribution in [1.29, 1.82) is 0 Å². The van der Waals surface area contributed by atoms with Crippen LogP contribution in [0.25, 0.3) is 0 Å². The number of likely N-dealkylation sites (tertiary alicyclic amines) is 1. The minimum absolute atomic E-state index is 0.734. The number of rotatable bonds is 5. The first-order valence-electron chi connectivity index (χ1n) is 5.42.